The Hall–Kier alpha value is -2.10. The molecule has 8 heteroatoms. The molecule has 2 aromatic heterocycles. The lowest BCUT2D eigenvalue weighted by atomic mass is 10.1. The Morgan fingerprint density at radius 1 is 1.31 bits per heavy atom. The van der Waals surface area contributed by atoms with E-state index in [1.54, 1.807) is 13.2 Å². The summed E-state index contributed by atoms with van der Waals surface area (Å²) in [5, 5.41) is 7.68. The van der Waals surface area contributed by atoms with E-state index in [0.29, 0.717) is 0 Å². The van der Waals surface area contributed by atoms with E-state index < -0.39 is 0 Å². The summed E-state index contributed by atoms with van der Waals surface area (Å²) >= 11 is 0. The Morgan fingerprint density at radius 2 is 2.15 bits per heavy atom. The fourth-order valence-electron chi connectivity index (χ4n) is 2.79. The highest BCUT2D eigenvalue weighted by atomic mass is 127. The van der Waals surface area contributed by atoms with Crippen LogP contribution in [0.5, 0.6) is 0 Å². The maximum absolute atomic E-state index is 13.2. The molecule has 0 spiro atoms. The maximum atomic E-state index is 13.2. The zero-order valence-corrected chi connectivity index (χ0v) is 17.0. The molecule has 26 heavy (non-hydrogen) atoms. The van der Waals surface area contributed by atoms with E-state index >= 15 is 0 Å². The number of nitrogens with one attached hydrogen (secondary N) is 3. The number of nitrogens with zero attached hydrogens (tertiary/aromatic N) is 3. The normalized spacial score (nSPS) is 11.4. The van der Waals surface area contributed by atoms with Crippen molar-refractivity contribution >= 4 is 40.8 Å². The standard InChI is InChI=1S/C18H23FN6.HI/c1-20-18(22-6-2-9-25-10-8-21-13-25)23-7-5-14-12-24-17-11-15(19)3-4-16(14)17;/h3-4,8,10-13,24H,2,5-7,9H2,1H3,(H2,20,22,23);1H. The quantitative estimate of drug-likeness (QED) is 0.215. The molecular weight excluding hydrogens is 446 g/mol. The SMILES string of the molecule is CN=C(NCCCn1ccnc1)NCCc1c[nH]c2cc(F)ccc12.I. The first-order valence-corrected chi connectivity index (χ1v) is 8.42. The Balaban J connectivity index is 0.00000243. The van der Waals surface area contributed by atoms with Crippen LogP contribution in [0, 0.1) is 5.82 Å². The molecule has 1 aromatic carbocycles. The molecule has 0 aliphatic carbocycles. The van der Waals surface area contributed by atoms with Gasteiger partial charge < -0.3 is 20.2 Å². The number of aryl methyl sites for hydroxylation is 1. The number of imidazole rings is 1. The number of fused-ring (bicyclic) bond motifs is 1. The van der Waals surface area contributed by atoms with E-state index in [-0.39, 0.29) is 29.8 Å². The predicted molar refractivity (Wildman–Crippen MR) is 114 cm³/mol. The summed E-state index contributed by atoms with van der Waals surface area (Å²) in [6, 6.07) is 4.83. The van der Waals surface area contributed by atoms with Gasteiger partial charge in [-0.05, 0) is 36.6 Å². The van der Waals surface area contributed by atoms with Crippen LogP contribution in [-0.2, 0) is 13.0 Å². The third-order valence-corrected chi connectivity index (χ3v) is 4.08. The first kappa shape index (κ1) is 20.2. The average Bonchev–Trinajstić information content (AvgIpc) is 3.26. The van der Waals surface area contributed by atoms with Gasteiger partial charge in [-0.2, -0.15) is 0 Å². The van der Waals surface area contributed by atoms with Gasteiger partial charge in [0.05, 0.1) is 6.33 Å². The zero-order valence-electron chi connectivity index (χ0n) is 14.7. The largest absolute Gasteiger partial charge is 0.361 e. The number of aliphatic imine (C=N–C) groups is 1. The number of hydrogen-bond donors (Lipinski definition) is 3. The molecule has 0 saturated carbocycles. The van der Waals surface area contributed by atoms with Crippen molar-refractivity contribution in [3.63, 3.8) is 0 Å². The van der Waals surface area contributed by atoms with E-state index in [9.17, 15) is 4.39 Å². The molecule has 0 saturated heterocycles. The van der Waals surface area contributed by atoms with Gasteiger partial charge in [-0.1, -0.05) is 0 Å². The van der Waals surface area contributed by atoms with Crippen LogP contribution in [0.1, 0.15) is 12.0 Å². The summed E-state index contributed by atoms with van der Waals surface area (Å²) in [5.74, 6) is 0.566. The minimum absolute atomic E-state index is 0. The van der Waals surface area contributed by atoms with E-state index in [1.807, 2.05) is 24.8 Å². The lowest BCUT2D eigenvalue weighted by molar-refractivity contribution is 0.624. The van der Waals surface area contributed by atoms with Crippen molar-refractivity contribution in [1.29, 1.82) is 0 Å². The fraction of sp³-hybridized carbons (Fsp3) is 0.333. The molecule has 3 N–H and O–H groups in total. The summed E-state index contributed by atoms with van der Waals surface area (Å²) in [7, 11) is 1.76. The maximum Gasteiger partial charge on any atom is 0.190 e. The molecule has 0 aliphatic rings. The highest BCUT2D eigenvalue weighted by Crippen LogP contribution is 2.19. The first-order chi connectivity index (χ1) is 12.3. The summed E-state index contributed by atoms with van der Waals surface area (Å²) in [5.41, 5.74) is 2.00. The van der Waals surface area contributed by atoms with Gasteiger partial charge in [0, 0.05) is 56.2 Å². The van der Waals surface area contributed by atoms with Crippen molar-refractivity contribution in [2.45, 2.75) is 19.4 Å². The van der Waals surface area contributed by atoms with Crippen LogP contribution in [-0.4, -0.2) is 40.6 Å². The Labute approximate surface area is 169 Å². The number of hydrogen-bond acceptors (Lipinski definition) is 2. The molecule has 6 nitrogen and oxygen atoms in total. The van der Waals surface area contributed by atoms with Crippen molar-refractivity contribution in [1.82, 2.24) is 25.2 Å². The van der Waals surface area contributed by atoms with Crippen molar-refractivity contribution in [2.75, 3.05) is 20.1 Å². The second kappa shape index (κ2) is 10.1. The van der Waals surface area contributed by atoms with Crippen molar-refractivity contribution in [3.8, 4) is 0 Å². The monoisotopic (exact) mass is 470 g/mol. The topological polar surface area (TPSA) is 70.0 Å². The number of benzene rings is 1. The fourth-order valence-corrected chi connectivity index (χ4v) is 2.79. The van der Waals surface area contributed by atoms with Gasteiger partial charge in [0.1, 0.15) is 5.82 Å². The molecular formula is C18H24FIN6. The van der Waals surface area contributed by atoms with Gasteiger partial charge in [0.2, 0.25) is 0 Å². The lowest BCUT2D eigenvalue weighted by Crippen LogP contribution is -2.38. The van der Waals surface area contributed by atoms with Gasteiger partial charge in [-0.25, -0.2) is 9.37 Å². The Morgan fingerprint density at radius 3 is 2.92 bits per heavy atom. The molecule has 2 heterocycles. The van der Waals surface area contributed by atoms with Crippen molar-refractivity contribution in [3.05, 3.63) is 54.5 Å². The highest BCUT2D eigenvalue weighted by molar-refractivity contribution is 14.0. The number of rotatable bonds is 7. The van der Waals surface area contributed by atoms with Gasteiger partial charge in [0.15, 0.2) is 5.96 Å². The van der Waals surface area contributed by atoms with Crippen LogP contribution in [0.3, 0.4) is 0 Å². The van der Waals surface area contributed by atoms with Crippen LogP contribution in [0.15, 0.2) is 48.1 Å². The minimum atomic E-state index is -0.223. The second-order valence-electron chi connectivity index (χ2n) is 5.83. The van der Waals surface area contributed by atoms with Crippen LogP contribution >= 0.6 is 24.0 Å². The molecule has 3 rings (SSSR count). The third-order valence-electron chi connectivity index (χ3n) is 4.08. The zero-order chi connectivity index (χ0) is 17.5. The molecule has 0 amide bonds. The highest BCUT2D eigenvalue weighted by Gasteiger charge is 2.05. The first-order valence-electron chi connectivity index (χ1n) is 8.42. The minimum Gasteiger partial charge on any atom is -0.361 e. The molecule has 140 valence electrons. The Kier molecular flexibility index (Phi) is 7.89. The molecule has 3 aromatic rings. The van der Waals surface area contributed by atoms with Crippen molar-refractivity contribution in [2.24, 2.45) is 4.99 Å². The third kappa shape index (κ3) is 5.45. The van der Waals surface area contributed by atoms with Gasteiger partial charge in [-0.15, -0.1) is 24.0 Å². The van der Waals surface area contributed by atoms with Crippen LogP contribution in [0.25, 0.3) is 10.9 Å². The molecule has 0 radical (unpaired) electrons. The molecule has 0 unspecified atom stereocenters. The van der Waals surface area contributed by atoms with Crippen LogP contribution in [0.2, 0.25) is 0 Å². The van der Waals surface area contributed by atoms with Gasteiger partial charge in [-0.3, -0.25) is 4.99 Å². The van der Waals surface area contributed by atoms with Gasteiger partial charge >= 0.3 is 0 Å². The Bertz CT molecular complexity index is 827. The summed E-state index contributed by atoms with van der Waals surface area (Å²) < 4.78 is 15.3. The van der Waals surface area contributed by atoms with E-state index in [2.05, 4.69) is 30.2 Å². The van der Waals surface area contributed by atoms with E-state index in [4.69, 9.17) is 0 Å². The molecule has 0 atom stereocenters. The molecule has 0 bridgehead atoms. The molecule has 0 aliphatic heterocycles. The lowest BCUT2D eigenvalue weighted by Gasteiger charge is -2.11. The summed E-state index contributed by atoms with van der Waals surface area (Å²) in [6.07, 6.45) is 9.33. The number of aromatic nitrogens is 3. The number of H-pyrrole nitrogens is 1. The predicted octanol–water partition coefficient (Wildman–Crippen LogP) is 2.92. The average molecular weight is 470 g/mol. The molecule has 0 fully saturated rings. The van der Waals surface area contributed by atoms with Gasteiger partial charge in [0.25, 0.3) is 0 Å². The van der Waals surface area contributed by atoms with Crippen molar-refractivity contribution < 1.29 is 4.39 Å². The number of guanidine groups is 1. The number of halogens is 2. The second-order valence-corrected chi connectivity index (χ2v) is 5.83. The summed E-state index contributed by atoms with van der Waals surface area (Å²) in [4.78, 5) is 11.4. The van der Waals surface area contributed by atoms with E-state index in [0.717, 1.165) is 54.9 Å². The van der Waals surface area contributed by atoms with Crippen LogP contribution < -0.4 is 10.6 Å². The summed E-state index contributed by atoms with van der Waals surface area (Å²) in [6.45, 7) is 2.52. The smallest absolute Gasteiger partial charge is 0.190 e. The van der Waals surface area contributed by atoms with Crippen LogP contribution in [0.4, 0.5) is 4.39 Å². The van der Waals surface area contributed by atoms with E-state index in [1.165, 1.54) is 12.1 Å². The number of aromatic amines is 1.